The lowest BCUT2D eigenvalue weighted by molar-refractivity contribution is 0.0787. The minimum atomic E-state index is 0.666. The Bertz CT molecular complexity index is 407. The molecule has 2 nitrogen and oxygen atoms in total. The van der Waals surface area contributed by atoms with E-state index in [9.17, 15) is 0 Å². The van der Waals surface area contributed by atoms with E-state index in [2.05, 4.69) is 42.8 Å². The zero-order valence-corrected chi connectivity index (χ0v) is 13.0. The molecule has 0 radical (unpaired) electrons. The molecule has 0 aromatic heterocycles. The molecule has 106 valence electrons. The monoisotopic (exact) mass is 280 g/mol. The molecular formula is C16H25ClN2. The highest BCUT2D eigenvalue weighted by atomic mass is 35.5. The van der Waals surface area contributed by atoms with Gasteiger partial charge < -0.3 is 4.90 Å². The van der Waals surface area contributed by atoms with E-state index >= 15 is 0 Å². The van der Waals surface area contributed by atoms with E-state index in [1.807, 2.05) is 12.1 Å². The van der Waals surface area contributed by atoms with Gasteiger partial charge in [0.1, 0.15) is 0 Å². The third-order valence-corrected chi connectivity index (χ3v) is 4.70. The van der Waals surface area contributed by atoms with Gasteiger partial charge >= 0.3 is 0 Å². The fourth-order valence-corrected chi connectivity index (χ4v) is 3.37. The lowest BCUT2D eigenvalue weighted by Gasteiger charge is -2.41. The van der Waals surface area contributed by atoms with Gasteiger partial charge in [0.25, 0.3) is 0 Å². The van der Waals surface area contributed by atoms with Gasteiger partial charge in [-0.25, -0.2) is 0 Å². The highest BCUT2D eigenvalue weighted by Gasteiger charge is 2.28. The van der Waals surface area contributed by atoms with Crippen molar-refractivity contribution in [1.82, 2.24) is 9.80 Å². The summed E-state index contributed by atoms with van der Waals surface area (Å²) in [5, 5.41) is 0.882. The molecule has 1 aliphatic heterocycles. The lowest BCUT2D eigenvalue weighted by Crippen LogP contribution is -2.48. The number of hydrogen-bond acceptors (Lipinski definition) is 2. The molecule has 1 aromatic rings. The smallest absolute Gasteiger partial charge is 0.0451 e. The van der Waals surface area contributed by atoms with Crippen LogP contribution >= 0.6 is 11.6 Å². The van der Waals surface area contributed by atoms with Gasteiger partial charge in [0, 0.05) is 24.2 Å². The fraction of sp³-hybridized carbons (Fsp3) is 0.625. The van der Waals surface area contributed by atoms with Crippen LogP contribution in [-0.4, -0.2) is 42.5 Å². The van der Waals surface area contributed by atoms with Crippen LogP contribution < -0.4 is 0 Å². The topological polar surface area (TPSA) is 6.48 Å². The molecule has 2 atom stereocenters. The van der Waals surface area contributed by atoms with Crippen LogP contribution in [0.5, 0.6) is 0 Å². The molecule has 0 bridgehead atoms. The predicted molar refractivity (Wildman–Crippen MR) is 82.6 cm³/mol. The Morgan fingerprint density at radius 2 is 2.11 bits per heavy atom. The second-order valence-corrected chi connectivity index (χ2v) is 6.14. The molecule has 1 heterocycles. The molecule has 0 aliphatic carbocycles. The van der Waals surface area contributed by atoms with Crippen molar-refractivity contribution in [2.45, 2.75) is 32.9 Å². The molecule has 1 aliphatic rings. The fourth-order valence-electron chi connectivity index (χ4n) is 3.17. The highest BCUT2D eigenvalue weighted by Crippen LogP contribution is 2.24. The average Bonchev–Trinajstić information content (AvgIpc) is 2.41. The van der Waals surface area contributed by atoms with Crippen molar-refractivity contribution >= 4 is 11.6 Å². The Balaban J connectivity index is 1.97. The second-order valence-electron chi connectivity index (χ2n) is 5.73. The molecule has 0 saturated carbocycles. The van der Waals surface area contributed by atoms with E-state index in [1.165, 1.54) is 31.6 Å². The van der Waals surface area contributed by atoms with Crippen LogP contribution in [0.3, 0.4) is 0 Å². The number of rotatable bonds is 4. The first kappa shape index (κ1) is 14.8. The van der Waals surface area contributed by atoms with Gasteiger partial charge in [-0.3, -0.25) is 4.90 Å². The van der Waals surface area contributed by atoms with Gasteiger partial charge in [-0.15, -0.1) is 0 Å². The summed E-state index contributed by atoms with van der Waals surface area (Å²) < 4.78 is 0. The summed E-state index contributed by atoms with van der Waals surface area (Å²) in [5.41, 5.74) is 1.23. The van der Waals surface area contributed by atoms with Crippen molar-refractivity contribution in [3.05, 3.63) is 34.9 Å². The van der Waals surface area contributed by atoms with E-state index < -0.39 is 0 Å². The predicted octanol–water partition coefficient (Wildman–Crippen LogP) is 3.50. The third-order valence-electron chi connectivity index (χ3n) is 4.34. The van der Waals surface area contributed by atoms with Crippen LogP contribution in [-0.2, 0) is 6.54 Å². The van der Waals surface area contributed by atoms with Crippen molar-refractivity contribution < 1.29 is 0 Å². The number of piperidine rings is 1. The first-order chi connectivity index (χ1) is 9.11. The molecule has 19 heavy (non-hydrogen) atoms. The van der Waals surface area contributed by atoms with Crippen molar-refractivity contribution in [1.29, 1.82) is 0 Å². The largest absolute Gasteiger partial charge is 0.303 e. The van der Waals surface area contributed by atoms with Crippen LogP contribution in [0.15, 0.2) is 24.3 Å². The standard InChI is InChI=1S/C16H25ClN2/c1-4-19-10-9-16(13(2)11-19)18(3)12-14-7-5-6-8-15(14)17/h5-8,13,16H,4,9-12H2,1-3H3/t13-,16-/m0/s1. The van der Waals surface area contributed by atoms with Gasteiger partial charge in [0.2, 0.25) is 0 Å². The number of likely N-dealkylation sites (tertiary alicyclic amines) is 1. The molecular weight excluding hydrogens is 256 g/mol. The van der Waals surface area contributed by atoms with Gasteiger partial charge in [-0.1, -0.05) is 43.6 Å². The van der Waals surface area contributed by atoms with E-state index in [0.717, 1.165) is 17.5 Å². The Kier molecular flexibility index (Phi) is 5.26. The van der Waals surface area contributed by atoms with Crippen LogP contribution in [0, 0.1) is 5.92 Å². The van der Waals surface area contributed by atoms with E-state index in [4.69, 9.17) is 11.6 Å². The van der Waals surface area contributed by atoms with Crippen LogP contribution in [0.1, 0.15) is 25.8 Å². The molecule has 0 spiro atoms. The summed E-state index contributed by atoms with van der Waals surface area (Å²) in [6, 6.07) is 8.84. The Morgan fingerprint density at radius 1 is 1.37 bits per heavy atom. The summed E-state index contributed by atoms with van der Waals surface area (Å²) in [4.78, 5) is 5.02. The van der Waals surface area contributed by atoms with Crippen molar-refractivity contribution in [2.24, 2.45) is 5.92 Å². The number of nitrogens with zero attached hydrogens (tertiary/aromatic N) is 2. The van der Waals surface area contributed by atoms with Crippen LogP contribution in [0.2, 0.25) is 5.02 Å². The Labute approximate surface area is 122 Å². The van der Waals surface area contributed by atoms with Gasteiger partial charge in [0.05, 0.1) is 0 Å². The highest BCUT2D eigenvalue weighted by molar-refractivity contribution is 6.31. The van der Waals surface area contributed by atoms with Gasteiger partial charge in [-0.2, -0.15) is 0 Å². The molecule has 1 saturated heterocycles. The quantitative estimate of drug-likeness (QED) is 0.833. The van der Waals surface area contributed by atoms with Gasteiger partial charge in [-0.05, 0) is 44.1 Å². The van der Waals surface area contributed by atoms with E-state index in [-0.39, 0.29) is 0 Å². The molecule has 0 N–H and O–H groups in total. The van der Waals surface area contributed by atoms with Crippen LogP contribution in [0.25, 0.3) is 0 Å². The van der Waals surface area contributed by atoms with E-state index in [1.54, 1.807) is 0 Å². The SMILES string of the molecule is CCN1CC[C@H](N(C)Cc2ccccc2Cl)[C@@H](C)C1. The van der Waals surface area contributed by atoms with Crippen molar-refractivity contribution in [3.8, 4) is 0 Å². The number of hydrogen-bond donors (Lipinski definition) is 0. The minimum Gasteiger partial charge on any atom is -0.303 e. The summed E-state index contributed by atoms with van der Waals surface area (Å²) in [5.74, 6) is 0.723. The number of halogens is 1. The second kappa shape index (κ2) is 6.74. The normalized spacial score (nSPS) is 24.9. The maximum Gasteiger partial charge on any atom is 0.0451 e. The molecule has 1 aromatic carbocycles. The van der Waals surface area contributed by atoms with Gasteiger partial charge in [0.15, 0.2) is 0 Å². The zero-order valence-electron chi connectivity index (χ0n) is 12.3. The third kappa shape index (κ3) is 3.71. The maximum absolute atomic E-state index is 6.25. The minimum absolute atomic E-state index is 0.666. The zero-order chi connectivity index (χ0) is 13.8. The molecule has 3 heteroatoms. The summed E-state index contributed by atoms with van der Waals surface area (Å²) in [6.45, 7) is 9.18. The molecule has 0 unspecified atom stereocenters. The maximum atomic E-state index is 6.25. The average molecular weight is 281 g/mol. The van der Waals surface area contributed by atoms with Crippen molar-refractivity contribution in [2.75, 3.05) is 26.7 Å². The number of benzene rings is 1. The Hall–Kier alpha value is -0.570. The molecule has 0 amide bonds. The Morgan fingerprint density at radius 3 is 2.74 bits per heavy atom. The van der Waals surface area contributed by atoms with Crippen LogP contribution in [0.4, 0.5) is 0 Å². The molecule has 1 fully saturated rings. The summed E-state index contributed by atoms with van der Waals surface area (Å²) >= 11 is 6.25. The van der Waals surface area contributed by atoms with Crippen molar-refractivity contribution in [3.63, 3.8) is 0 Å². The summed E-state index contributed by atoms with van der Waals surface area (Å²) in [6.07, 6.45) is 1.26. The lowest BCUT2D eigenvalue weighted by atomic mass is 9.92. The summed E-state index contributed by atoms with van der Waals surface area (Å²) in [7, 11) is 2.23. The molecule has 2 rings (SSSR count). The van der Waals surface area contributed by atoms with E-state index in [0.29, 0.717) is 6.04 Å². The first-order valence-electron chi connectivity index (χ1n) is 7.27. The first-order valence-corrected chi connectivity index (χ1v) is 7.65.